The van der Waals surface area contributed by atoms with Crippen molar-refractivity contribution in [2.24, 2.45) is 0 Å². The predicted molar refractivity (Wildman–Crippen MR) is 63.0 cm³/mol. The molecule has 0 saturated carbocycles. The van der Waals surface area contributed by atoms with Crippen LogP contribution in [0.1, 0.15) is 13.8 Å². The molecule has 90 valence electrons. The number of hydrogen-bond acceptors (Lipinski definition) is 5. The number of nitrogens with zero attached hydrogens (tertiary/aromatic N) is 5. The second-order valence-corrected chi connectivity index (χ2v) is 4.44. The molecule has 3 heterocycles. The van der Waals surface area contributed by atoms with Crippen molar-refractivity contribution in [3.8, 4) is 0 Å². The van der Waals surface area contributed by atoms with Crippen molar-refractivity contribution < 1.29 is 4.74 Å². The van der Waals surface area contributed by atoms with Crippen molar-refractivity contribution in [1.29, 1.82) is 0 Å². The maximum Gasteiger partial charge on any atom is 0.254 e. The summed E-state index contributed by atoms with van der Waals surface area (Å²) < 4.78 is 7.50. The van der Waals surface area contributed by atoms with E-state index in [0.717, 1.165) is 18.9 Å². The van der Waals surface area contributed by atoms with Gasteiger partial charge in [0.25, 0.3) is 5.78 Å². The molecule has 6 nitrogen and oxygen atoms in total. The minimum absolute atomic E-state index is 0.227. The van der Waals surface area contributed by atoms with E-state index in [1.165, 1.54) is 6.33 Å². The minimum atomic E-state index is 0.227. The Balaban J connectivity index is 2.00. The standard InChI is InChI=1S/C11H15N5O/c1-8-5-15(6-9(2)17-8)10-3-4-12-11-13-7-14-16(10)11/h3-4,7-9H,5-6H2,1-2H3/t8-,9+. The molecule has 1 saturated heterocycles. The second kappa shape index (κ2) is 3.96. The Morgan fingerprint density at radius 2 is 2.00 bits per heavy atom. The monoisotopic (exact) mass is 233 g/mol. The van der Waals surface area contributed by atoms with Crippen molar-refractivity contribution in [2.75, 3.05) is 18.0 Å². The van der Waals surface area contributed by atoms with Crippen molar-refractivity contribution in [3.05, 3.63) is 18.6 Å². The highest BCUT2D eigenvalue weighted by atomic mass is 16.5. The molecule has 1 fully saturated rings. The molecule has 0 spiro atoms. The van der Waals surface area contributed by atoms with Crippen LogP contribution in [0.5, 0.6) is 0 Å². The summed E-state index contributed by atoms with van der Waals surface area (Å²) >= 11 is 0. The summed E-state index contributed by atoms with van der Waals surface area (Å²) in [7, 11) is 0. The first-order valence-electron chi connectivity index (χ1n) is 5.79. The Morgan fingerprint density at radius 3 is 2.76 bits per heavy atom. The third kappa shape index (κ3) is 1.84. The van der Waals surface area contributed by atoms with Crippen molar-refractivity contribution in [2.45, 2.75) is 26.1 Å². The molecule has 0 bridgehead atoms. The molecule has 0 N–H and O–H groups in total. The summed E-state index contributed by atoms with van der Waals surface area (Å²) in [5, 5.41) is 4.20. The van der Waals surface area contributed by atoms with Crippen LogP contribution in [-0.4, -0.2) is 44.9 Å². The van der Waals surface area contributed by atoms with Crippen LogP contribution >= 0.6 is 0 Å². The van der Waals surface area contributed by atoms with E-state index in [2.05, 4.69) is 33.8 Å². The number of rotatable bonds is 1. The Labute approximate surface area is 99.2 Å². The van der Waals surface area contributed by atoms with E-state index in [9.17, 15) is 0 Å². The summed E-state index contributed by atoms with van der Waals surface area (Å²) in [6.45, 7) is 5.90. The van der Waals surface area contributed by atoms with Gasteiger partial charge in [0.05, 0.1) is 12.2 Å². The zero-order chi connectivity index (χ0) is 11.8. The largest absolute Gasteiger partial charge is 0.372 e. The molecule has 0 aromatic carbocycles. The van der Waals surface area contributed by atoms with Gasteiger partial charge in [0.2, 0.25) is 0 Å². The van der Waals surface area contributed by atoms with Crippen LogP contribution in [0.25, 0.3) is 5.78 Å². The Hall–Kier alpha value is -1.69. The van der Waals surface area contributed by atoms with Gasteiger partial charge in [0.15, 0.2) is 0 Å². The lowest BCUT2D eigenvalue weighted by molar-refractivity contribution is -0.00557. The highest BCUT2D eigenvalue weighted by Crippen LogP contribution is 2.19. The average molecular weight is 233 g/mol. The lowest BCUT2D eigenvalue weighted by atomic mass is 10.2. The number of morpholine rings is 1. The van der Waals surface area contributed by atoms with E-state index < -0.39 is 0 Å². The fraction of sp³-hybridized carbons (Fsp3) is 0.545. The molecule has 2 aromatic heterocycles. The minimum Gasteiger partial charge on any atom is -0.372 e. The Kier molecular flexibility index (Phi) is 2.44. The molecule has 0 radical (unpaired) electrons. The van der Waals surface area contributed by atoms with Crippen LogP contribution in [0.2, 0.25) is 0 Å². The highest BCUT2D eigenvalue weighted by molar-refractivity contribution is 5.45. The maximum absolute atomic E-state index is 5.73. The average Bonchev–Trinajstić information content (AvgIpc) is 2.75. The number of hydrogen-bond donors (Lipinski definition) is 0. The molecule has 0 aliphatic carbocycles. The molecular weight excluding hydrogens is 218 g/mol. The lowest BCUT2D eigenvalue weighted by Crippen LogP contribution is -2.46. The molecule has 17 heavy (non-hydrogen) atoms. The summed E-state index contributed by atoms with van der Waals surface area (Å²) in [6.07, 6.45) is 3.75. The number of aromatic nitrogens is 4. The zero-order valence-corrected chi connectivity index (χ0v) is 9.95. The molecule has 6 heteroatoms. The fourth-order valence-corrected chi connectivity index (χ4v) is 2.33. The first kappa shape index (κ1) is 10.5. The highest BCUT2D eigenvalue weighted by Gasteiger charge is 2.24. The predicted octanol–water partition coefficient (Wildman–Crippen LogP) is 0.738. The molecule has 0 amide bonds. The normalized spacial score (nSPS) is 25.4. The van der Waals surface area contributed by atoms with E-state index in [4.69, 9.17) is 4.74 Å². The van der Waals surface area contributed by atoms with Crippen LogP contribution in [0.4, 0.5) is 5.82 Å². The van der Waals surface area contributed by atoms with Gasteiger partial charge in [-0.15, -0.1) is 0 Å². The van der Waals surface area contributed by atoms with Crippen LogP contribution in [0.3, 0.4) is 0 Å². The number of fused-ring (bicyclic) bond motifs is 1. The van der Waals surface area contributed by atoms with Gasteiger partial charge in [-0.25, -0.2) is 4.98 Å². The van der Waals surface area contributed by atoms with Crippen LogP contribution in [0.15, 0.2) is 18.6 Å². The van der Waals surface area contributed by atoms with Gasteiger partial charge in [-0.05, 0) is 19.9 Å². The fourth-order valence-electron chi connectivity index (χ4n) is 2.33. The molecular formula is C11H15N5O. The quantitative estimate of drug-likeness (QED) is 0.727. The SMILES string of the molecule is C[C@@H]1CN(c2ccnc3ncnn23)C[C@H](C)O1. The zero-order valence-electron chi connectivity index (χ0n) is 9.95. The molecule has 2 atom stereocenters. The summed E-state index contributed by atoms with van der Waals surface area (Å²) in [4.78, 5) is 10.5. The smallest absolute Gasteiger partial charge is 0.254 e. The molecule has 2 aromatic rings. The van der Waals surface area contributed by atoms with Crippen molar-refractivity contribution in [1.82, 2.24) is 19.6 Å². The third-order valence-corrected chi connectivity index (χ3v) is 2.90. The van der Waals surface area contributed by atoms with Gasteiger partial charge >= 0.3 is 0 Å². The van der Waals surface area contributed by atoms with E-state index in [1.807, 2.05) is 6.07 Å². The summed E-state index contributed by atoms with van der Waals surface area (Å²) in [5.41, 5.74) is 0. The van der Waals surface area contributed by atoms with Crippen LogP contribution < -0.4 is 4.90 Å². The molecule has 0 unspecified atom stereocenters. The van der Waals surface area contributed by atoms with Gasteiger partial charge in [-0.1, -0.05) is 0 Å². The van der Waals surface area contributed by atoms with Gasteiger partial charge in [0, 0.05) is 19.3 Å². The number of anilines is 1. The maximum atomic E-state index is 5.73. The van der Waals surface area contributed by atoms with E-state index in [0.29, 0.717) is 5.78 Å². The summed E-state index contributed by atoms with van der Waals surface area (Å²) in [5.74, 6) is 1.66. The van der Waals surface area contributed by atoms with E-state index in [-0.39, 0.29) is 12.2 Å². The van der Waals surface area contributed by atoms with Crippen molar-refractivity contribution in [3.63, 3.8) is 0 Å². The second-order valence-electron chi connectivity index (χ2n) is 4.44. The first-order valence-corrected chi connectivity index (χ1v) is 5.79. The van der Waals surface area contributed by atoms with E-state index in [1.54, 1.807) is 10.7 Å². The van der Waals surface area contributed by atoms with Crippen LogP contribution in [-0.2, 0) is 4.74 Å². The third-order valence-electron chi connectivity index (χ3n) is 2.90. The molecule has 1 aliphatic rings. The lowest BCUT2D eigenvalue weighted by Gasteiger charge is -2.36. The molecule has 1 aliphatic heterocycles. The van der Waals surface area contributed by atoms with E-state index >= 15 is 0 Å². The van der Waals surface area contributed by atoms with Gasteiger partial charge in [-0.3, -0.25) is 0 Å². The Bertz CT molecular complexity index is 515. The van der Waals surface area contributed by atoms with Gasteiger partial charge < -0.3 is 9.64 Å². The molecule has 3 rings (SSSR count). The number of ether oxygens (including phenoxy) is 1. The van der Waals surface area contributed by atoms with Gasteiger partial charge in [0.1, 0.15) is 12.1 Å². The first-order chi connectivity index (χ1) is 8.24. The van der Waals surface area contributed by atoms with Crippen molar-refractivity contribution >= 4 is 11.6 Å². The summed E-state index contributed by atoms with van der Waals surface area (Å²) in [6, 6.07) is 1.96. The van der Waals surface area contributed by atoms with Crippen LogP contribution in [0, 0.1) is 0 Å². The Morgan fingerprint density at radius 1 is 1.24 bits per heavy atom. The topological polar surface area (TPSA) is 55.6 Å². The van der Waals surface area contributed by atoms with Gasteiger partial charge in [-0.2, -0.15) is 14.6 Å².